The molecule has 75 heavy (non-hydrogen) atoms. The predicted molar refractivity (Wildman–Crippen MR) is 315 cm³/mol. The fraction of sp³-hybridized carbons (Fsp3) is 0.123. The van der Waals surface area contributed by atoms with E-state index in [0.717, 1.165) is 22.3 Å². The lowest BCUT2D eigenvalue weighted by Crippen LogP contribution is -2.17. The van der Waals surface area contributed by atoms with Gasteiger partial charge in [0.2, 0.25) is 0 Å². The molecule has 2 heteroatoms. The van der Waals surface area contributed by atoms with Crippen molar-refractivity contribution < 1.29 is 8.83 Å². The first-order valence-corrected chi connectivity index (χ1v) is 26.6. The van der Waals surface area contributed by atoms with Crippen LogP contribution >= 0.6 is 0 Å². The lowest BCUT2D eigenvalue weighted by atomic mass is 9.78. The fourth-order valence-electron chi connectivity index (χ4n) is 14.9. The van der Waals surface area contributed by atoms with Crippen molar-refractivity contribution in [3.63, 3.8) is 0 Å². The molecule has 0 bridgehead atoms. The number of benzene rings is 12. The van der Waals surface area contributed by atoms with E-state index in [4.69, 9.17) is 8.83 Å². The second-order valence-electron chi connectivity index (χ2n) is 23.4. The first kappa shape index (κ1) is 41.7. The quantitative estimate of drug-likeness (QED) is 0.173. The molecule has 0 amide bonds. The molecule has 17 rings (SSSR count). The van der Waals surface area contributed by atoms with Gasteiger partial charge in [-0.1, -0.05) is 175 Å². The fourth-order valence-corrected chi connectivity index (χ4v) is 14.9. The van der Waals surface area contributed by atoms with Gasteiger partial charge in [0, 0.05) is 37.8 Å². The third kappa shape index (κ3) is 5.15. The van der Waals surface area contributed by atoms with E-state index in [1.807, 2.05) is 0 Å². The normalized spacial score (nSPS) is 15.4. The Hall–Kier alpha value is -8.72. The van der Waals surface area contributed by atoms with Crippen molar-refractivity contribution in [2.24, 2.45) is 0 Å². The van der Waals surface area contributed by atoms with Crippen molar-refractivity contribution in [2.45, 2.75) is 57.8 Å². The molecular weight excluding hydrogens is 909 g/mol. The van der Waals surface area contributed by atoms with Crippen molar-refractivity contribution in [1.29, 1.82) is 0 Å². The zero-order chi connectivity index (χ0) is 50.0. The largest absolute Gasteiger partial charge is 0.456 e. The zero-order valence-electron chi connectivity index (χ0n) is 42.8. The predicted octanol–water partition coefficient (Wildman–Crippen LogP) is 20.4. The van der Waals surface area contributed by atoms with Crippen molar-refractivity contribution >= 4 is 87.0 Å². The van der Waals surface area contributed by atoms with Crippen LogP contribution in [0.4, 0.5) is 0 Å². The molecule has 2 heterocycles. The minimum Gasteiger partial charge on any atom is -0.456 e. The van der Waals surface area contributed by atoms with Gasteiger partial charge in [-0.05, 0) is 193 Å². The molecule has 0 N–H and O–H groups in total. The van der Waals surface area contributed by atoms with Gasteiger partial charge >= 0.3 is 0 Å². The van der Waals surface area contributed by atoms with Gasteiger partial charge in [0.15, 0.2) is 0 Å². The van der Waals surface area contributed by atoms with Gasteiger partial charge in [-0.25, -0.2) is 0 Å². The van der Waals surface area contributed by atoms with Gasteiger partial charge < -0.3 is 8.83 Å². The van der Waals surface area contributed by atoms with E-state index < -0.39 is 0 Å². The summed E-state index contributed by atoms with van der Waals surface area (Å²) in [5, 5.41) is 14.7. The molecule has 3 aliphatic carbocycles. The van der Waals surface area contributed by atoms with Crippen LogP contribution in [0.15, 0.2) is 203 Å². The highest BCUT2D eigenvalue weighted by atomic mass is 16.3. The van der Waals surface area contributed by atoms with Crippen molar-refractivity contribution in [3.8, 4) is 55.6 Å². The van der Waals surface area contributed by atoms with Crippen LogP contribution in [-0.2, 0) is 16.2 Å². The van der Waals surface area contributed by atoms with Crippen LogP contribution < -0.4 is 0 Å². The molecule has 2 nitrogen and oxygen atoms in total. The molecule has 0 unspecified atom stereocenters. The second-order valence-corrected chi connectivity index (χ2v) is 23.4. The molecule has 354 valence electrons. The number of rotatable bonds is 2. The van der Waals surface area contributed by atoms with Crippen molar-refractivity contribution in [3.05, 3.63) is 228 Å². The van der Waals surface area contributed by atoms with Gasteiger partial charge in [0.1, 0.15) is 22.3 Å². The summed E-state index contributed by atoms with van der Waals surface area (Å²) in [5.74, 6) is 0. The minimum absolute atomic E-state index is 0.235. The highest BCUT2D eigenvalue weighted by Gasteiger charge is 2.46. The lowest BCUT2D eigenvalue weighted by molar-refractivity contribution is 0.649. The second kappa shape index (κ2) is 13.9. The molecule has 0 saturated heterocycles. The maximum Gasteiger partial charge on any atom is 0.136 e. The Balaban J connectivity index is 0.848. The molecule has 0 fully saturated rings. The number of hydrogen-bond donors (Lipinski definition) is 0. The first-order valence-electron chi connectivity index (χ1n) is 26.6. The van der Waals surface area contributed by atoms with Gasteiger partial charge in [-0.15, -0.1) is 0 Å². The maximum absolute atomic E-state index is 6.65. The van der Waals surface area contributed by atoms with E-state index in [1.54, 1.807) is 0 Å². The highest BCUT2D eigenvalue weighted by molar-refractivity contribution is 6.26. The van der Waals surface area contributed by atoms with Gasteiger partial charge in [-0.2, -0.15) is 0 Å². The summed E-state index contributed by atoms with van der Waals surface area (Å²) < 4.78 is 13.3. The monoisotopic (exact) mass is 958 g/mol. The summed E-state index contributed by atoms with van der Waals surface area (Å²) in [6, 6.07) is 72.9. The third-order valence-corrected chi connectivity index (χ3v) is 18.6. The smallest absolute Gasteiger partial charge is 0.136 e. The molecule has 2 aromatic heterocycles. The Morgan fingerprint density at radius 1 is 0.240 bits per heavy atom. The lowest BCUT2D eigenvalue weighted by Gasteiger charge is -2.25. The first-order chi connectivity index (χ1) is 36.5. The van der Waals surface area contributed by atoms with E-state index in [-0.39, 0.29) is 16.2 Å². The summed E-state index contributed by atoms with van der Waals surface area (Å²) in [6.45, 7) is 14.7. The van der Waals surface area contributed by atoms with E-state index in [9.17, 15) is 0 Å². The maximum atomic E-state index is 6.65. The Morgan fingerprint density at radius 3 is 1.01 bits per heavy atom. The van der Waals surface area contributed by atoms with Gasteiger partial charge in [-0.3, -0.25) is 0 Å². The number of hydrogen-bond acceptors (Lipinski definition) is 2. The standard InChI is InChI=1S/C73H50O2/c1-71(2)55-37-53-57(72(3,4)59-33-49(43-21-11-13-23-45(43)65(53)59)47-25-15-27-61-69(47)67-41-19-9-7-17-39(41)29-31-63(67)74-61)35-51(55)52-36-58-54(38-56(52)71)66-46-24-14-12-22-44(46)50(34-60(66)73(58,5)6)48-26-16-28-62-70(48)68-42-20-10-8-18-40(42)30-32-64(68)75-62/h7-38H,1-6H3. The number of fused-ring (bicyclic) bond motifs is 23. The SMILES string of the molecule is CC1(C)c2cc3c(cc2-c2cc4c(cc21)-c1c(cc(-c2cccc5oc6ccc7ccccc7c6c25)c2ccccc12)C4(C)C)C(C)(C)c1cc(-c2cccc4oc5ccc6ccccc6c5c24)c2ccccc2c1-3. The van der Waals surface area contributed by atoms with Crippen molar-refractivity contribution in [2.75, 3.05) is 0 Å². The molecule has 0 aliphatic heterocycles. The van der Waals surface area contributed by atoms with Crippen LogP contribution in [0.25, 0.3) is 143 Å². The Labute approximate surface area is 434 Å². The van der Waals surface area contributed by atoms with Crippen LogP contribution in [0.3, 0.4) is 0 Å². The molecular formula is C73H50O2. The molecule has 0 atom stereocenters. The average Bonchev–Trinajstić information content (AvgIpc) is 4.38. The van der Waals surface area contributed by atoms with E-state index >= 15 is 0 Å². The minimum atomic E-state index is -0.262. The third-order valence-electron chi connectivity index (χ3n) is 18.6. The summed E-state index contributed by atoms with van der Waals surface area (Å²) in [6.07, 6.45) is 0. The molecule has 0 spiro atoms. The van der Waals surface area contributed by atoms with Gasteiger partial charge in [0.25, 0.3) is 0 Å². The molecule has 12 aromatic carbocycles. The van der Waals surface area contributed by atoms with Crippen LogP contribution in [0.2, 0.25) is 0 Å². The molecule has 0 radical (unpaired) electrons. The average molecular weight is 959 g/mol. The molecule has 0 saturated carbocycles. The van der Waals surface area contributed by atoms with E-state index in [2.05, 4.69) is 236 Å². The summed E-state index contributed by atoms with van der Waals surface area (Å²) in [5.41, 5.74) is 24.4. The Morgan fingerprint density at radius 2 is 0.573 bits per heavy atom. The zero-order valence-corrected chi connectivity index (χ0v) is 42.8. The van der Waals surface area contributed by atoms with Crippen molar-refractivity contribution in [1.82, 2.24) is 0 Å². The summed E-state index contributed by atoms with van der Waals surface area (Å²) in [4.78, 5) is 0. The van der Waals surface area contributed by atoms with Crippen LogP contribution in [-0.4, -0.2) is 0 Å². The topological polar surface area (TPSA) is 26.3 Å². The van der Waals surface area contributed by atoms with E-state index in [1.165, 1.54) is 154 Å². The van der Waals surface area contributed by atoms with Crippen LogP contribution in [0.1, 0.15) is 74.9 Å². The van der Waals surface area contributed by atoms with E-state index in [0.29, 0.717) is 0 Å². The highest BCUT2D eigenvalue weighted by Crippen LogP contribution is 2.62. The van der Waals surface area contributed by atoms with Crippen LogP contribution in [0, 0.1) is 0 Å². The van der Waals surface area contributed by atoms with Crippen LogP contribution in [0.5, 0.6) is 0 Å². The Kier molecular flexibility index (Phi) is 7.73. The molecule has 3 aliphatic rings. The summed E-state index contributed by atoms with van der Waals surface area (Å²) in [7, 11) is 0. The van der Waals surface area contributed by atoms with Gasteiger partial charge in [0.05, 0.1) is 0 Å². The number of furan rings is 2. The Bertz CT molecular complexity index is 4660. The summed E-state index contributed by atoms with van der Waals surface area (Å²) >= 11 is 0. The molecule has 14 aromatic rings.